The predicted octanol–water partition coefficient (Wildman–Crippen LogP) is 3.59. The van der Waals surface area contributed by atoms with Crippen LogP contribution in [0.4, 0.5) is 4.39 Å². The van der Waals surface area contributed by atoms with Gasteiger partial charge in [-0.1, -0.05) is 30.3 Å². The van der Waals surface area contributed by atoms with Crippen molar-refractivity contribution in [3.8, 4) is 22.3 Å². The minimum Gasteiger partial charge on any atom is -0.452 e. The molecule has 0 aliphatic heterocycles. The molecule has 0 aliphatic carbocycles. The molecule has 80 valence electrons. The Morgan fingerprint density at radius 1 is 1.31 bits per heavy atom. The molecule has 0 N–H and O–H groups in total. The largest absolute Gasteiger partial charge is 0.452 e. The summed E-state index contributed by atoms with van der Waals surface area (Å²) >= 11 is 1.24. The number of nitriles is 1. The number of hydrogen-bond donors (Lipinski definition) is 0. The van der Waals surface area contributed by atoms with Crippen molar-refractivity contribution in [2.24, 2.45) is 0 Å². The van der Waals surface area contributed by atoms with Crippen LogP contribution >= 0.6 is 11.3 Å². The molecule has 16 heavy (non-hydrogen) atoms. The highest BCUT2D eigenvalue weighted by Crippen LogP contribution is 2.36. The molecule has 1 aromatic carbocycles. The Balaban J connectivity index is 2.47. The molecule has 0 bridgehead atoms. The molecule has 0 amide bonds. The molecule has 0 fully saturated rings. The molecule has 4 heteroatoms. The van der Waals surface area contributed by atoms with Crippen molar-refractivity contribution >= 4 is 11.3 Å². The molecule has 2 aromatic rings. The molecule has 0 radical (unpaired) electrons. The summed E-state index contributed by atoms with van der Waals surface area (Å²) in [7, 11) is 0. The van der Waals surface area contributed by atoms with Gasteiger partial charge in [0.1, 0.15) is 11.6 Å². The highest BCUT2D eigenvalue weighted by Gasteiger charge is 2.13. The fourth-order valence-electron chi connectivity index (χ4n) is 1.43. The second-order valence-corrected chi connectivity index (χ2v) is 3.89. The van der Waals surface area contributed by atoms with Gasteiger partial charge in [0.25, 0.3) is 0 Å². The first-order chi connectivity index (χ1) is 7.86. The number of alkyl halides is 1. The lowest BCUT2D eigenvalue weighted by atomic mass is 10.1. The van der Waals surface area contributed by atoms with Gasteiger partial charge in [0.15, 0.2) is 5.06 Å². The Labute approximate surface area is 96.5 Å². The van der Waals surface area contributed by atoms with Crippen LogP contribution in [0.1, 0.15) is 5.56 Å². The topological polar surface area (TPSA) is 33.0 Å². The van der Waals surface area contributed by atoms with Crippen molar-refractivity contribution < 1.29 is 9.13 Å². The second-order valence-electron chi connectivity index (χ2n) is 3.04. The summed E-state index contributed by atoms with van der Waals surface area (Å²) in [5.74, 6) is 0. The molecule has 0 aliphatic rings. The van der Waals surface area contributed by atoms with E-state index in [4.69, 9.17) is 10.00 Å². The van der Waals surface area contributed by atoms with Gasteiger partial charge < -0.3 is 4.74 Å². The second kappa shape index (κ2) is 4.77. The predicted molar refractivity (Wildman–Crippen MR) is 61.1 cm³/mol. The van der Waals surface area contributed by atoms with Crippen molar-refractivity contribution in [2.45, 2.75) is 0 Å². The van der Waals surface area contributed by atoms with Crippen LogP contribution in [0.3, 0.4) is 0 Å². The number of halogens is 1. The molecule has 0 atom stereocenters. The van der Waals surface area contributed by atoms with Gasteiger partial charge in [0.05, 0.1) is 0 Å². The average Bonchev–Trinajstić information content (AvgIpc) is 2.73. The van der Waals surface area contributed by atoms with E-state index in [0.29, 0.717) is 10.6 Å². The summed E-state index contributed by atoms with van der Waals surface area (Å²) in [5, 5.41) is 11.2. The normalized spacial score (nSPS) is 9.75. The molecule has 2 rings (SSSR count). The van der Waals surface area contributed by atoms with Crippen molar-refractivity contribution in [1.82, 2.24) is 0 Å². The van der Waals surface area contributed by atoms with Crippen LogP contribution < -0.4 is 4.74 Å². The van der Waals surface area contributed by atoms with Crippen LogP contribution in [0.2, 0.25) is 0 Å². The van der Waals surface area contributed by atoms with Crippen LogP contribution in [0.25, 0.3) is 11.1 Å². The van der Waals surface area contributed by atoms with E-state index >= 15 is 0 Å². The molecule has 0 unspecified atom stereocenters. The molecule has 1 heterocycles. The van der Waals surface area contributed by atoms with Crippen LogP contribution in [-0.2, 0) is 0 Å². The summed E-state index contributed by atoms with van der Waals surface area (Å²) in [5.41, 5.74) is 2.12. The fourth-order valence-corrected chi connectivity index (χ4v) is 2.30. The van der Waals surface area contributed by atoms with E-state index in [2.05, 4.69) is 0 Å². The van der Waals surface area contributed by atoms with E-state index in [9.17, 15) is 4.39 Å². The fraction of sp³-hybridized carbons (Fsp3) is 0.0833. The van der Waals surface area contributed by atoms with Crippen molar-refractivity contribution in [2.75, 3.05) is 6.86 Å². The Bertz CT molecular complexity index is 516. The van der Waals surface area contributed by atoms with Crippen molar-refractivity contribution in [3.63, 3.8) is 0 Å². The van der Waals surface area contributed by atoms with Gasteiger partial charge in [-0.05, 0) is 5.56 Å². The number of hydrogen-bond acceptors (Lipinski definition) is 3. The first kappa shape index (κ1) is 10.7. The third-order valence-electron chi connectivity index (χ3n) is 2.14. The third kappa shape index (κ3) is 1.90. The molecular formula is C12H8FNOS. The highest BCUT2D eigenvalue weighted by molar-refractivity contribution is 7.12. The van der Waals surface area contributed by atoms with E-state index in [0.717, 1.165) is 11.1 Å². The minimum atomic E-state index is -0.913. The van der Waals surface area contributed by atoms with E-state index in [1.807, 2.05) is 36.4 Å². The Kier molecular flexibility index (Phi) is 3.18. The quantitative estimate of drug-likeness (QED) is 0.811. The zero-order chi connectivity index (χ0) is 11.4. The Hall–Kier alpha value is -1.86. The van der Waals surface area contributed by atoms with Gasteiger partial charge in [-0.25, -0.2) is 4.39 Å². The lowest BCUT2D eigenvalue weighted by Gasteiger charge is -1.99. The number of rotatable bonds is 3. The molecule has 0 saturated carbocycles. The molecule has 0 saturated heterocycles. The van der Waals surface area contributed by atoms with Crippen molar-refractivity contribution in [3.05, 3.63) is 41.3 Å². The maximum atomic E-state index is 12.1. The highest BCUT2D eigenvalue weighted by atomic mass is 32.1. The Morgan fingerprint density at radius 3 is 2.69 bits per heavy atom. The smallest absolute Gasteiger partial charge is 0.229 e. The van der Waals surface area contributed by atoms with Crippen LogP contribution in [0, 0.1) is 11.3 Å². The Morgan fingerprint density at radius 2 is 2.06 bits per heavy atom. The maximum absolute atomic E-state index is 12.1. The van der Waals surface area contributed by atoms with Gasteiger partial charge in [-0.15, -0.1) is 11.3 Å². The summed E-state index contributed by atoms with van der Waals surface area (Å²) in [6.07, 6.45) is 0. The number of thiophene rings is 1. The molecule has 0 spiro atoms. The molecular weight excluding hydrogens is 225 g/mol. The first-order valence-electron chi connectivity index (χ1n) is 4.62. The van der Waals surface area contributed by atoms with E-state index in [-0.39, 0.29) is 0 Å². The van der Waals surface area contributed by atoms with E-state index in [1.54, 1.807) is 5.38 Å². The molecule has 1 aromatic heterocycles. The SMILES string of the molecule is N#Cc1c(-c2ccccc2)csc1OCF. The summed E-state index contributed by atoms with van der Waals surface area (Å²) in [4.78, 5) is 0. The monoisotopic (exact) mass is 233 g/mol. The standard InChI is InChI=1S/C12H8FNOS/c13-8-15-12-10(6-14)11(7-16-12)9-4-2-1-3-5-9/h1-5,7H,8H2. The van der Waals surface area contributed by atoms with Crippen LogP contribution in [0.5, 0.6) is 5.06 Å². The van der Waals surface area contributed by atoms with Gasteiger partial charge in [0.2, 0.25) is 6.86 Å². The lowest BCUT2D eigenvalue weighted by Crippen LogP contribution is -1.89. The van der Waals surface area contributed by atoms with E-state index in [1.165, 1.54) is 11.3 Å². The number of ether oxygens (including phenoxy) is 1. The van der Waals surface area contributed by atoms with Gasteiger partial charge in [-0.2, -0.15) is 5.26 Å². The first-order valence-corrected chi connectivity index (χ1v) is 5.50. The average molecular weight is 233 g/mol. The van der Waals surface area contributed by atoms with Crippen LogP contribution in [-0.4, -0.2) is 6.86 Å². The minimum absolute atomic E-state index is 0.337. The maximum Gasteiger partial charge on any atom is 0.229 e. The summed E-state index contributed by atoms with van der Waals surface area (Å²) in [6.45, 7) is -0.913. The van der Waals surface area contributed by atoms with Crippen molar-refractivity contribution in [1.29, 1.82) is 5.26 Å². The van der Waals surface area contributed by atoms with Gasteiger partial charge in [-0.3, -0.25) is 0 Å². The third-order valence-corrected chi connectivity index (χ3v) is 3.03. The zero-order valence-electron chi connectivity index (χ0n) is 8.31. The summed E-state index contributed by atoms with van der Waals surface area (Å²) < 4.78 is 16.8. The van der Waals surface area contributed by atoms with Gasteiger partial charge in [0, 0.05) is 10.9 Å². The van der Waals surface area contributed by atoms with Crippen LogP contribution in [0.15, 0.2) is 35.7 Å². The number of nitrogens with zero attached hydrogens (tertiary/aromatic N) is 1. The molecule has 2 nitrogen and oxygen atoms in total. The van der Waals surface area contributed by atoms with E-state index < -0.39 is 6.86 Å². The summed E-state index contributed by atoms with van der Waals surface area (Å²) in [6, 6.07) is 11.5. The zero-order valence-corrected chi connectivity index (χ0v) is 9.13. The van der Waals surface area contributed by atoms with Gasteiger partial charge >= 0.3 is 0 Å². The lowest BCUT2D eigenvalue weighted by molar-refractivity contribution is 0.197. The number of benzene rings is 1.